The number of nitrogens with zero attached hydrogens (tertiary/aromatic N) is 2. The molecule has 6 atom stereocenters. The number of alkyl halides is 1. The SMILES string of the molecule is C=CCN(C(=O)C1N(CCCCCCO)C(=O)[C@@H]2[C@H](C(=O)O)[C@H]3SC12CC3Br)C(C)(C)C. The van der Waals surface area contributed by atoms with E-state index in [0.717, 1.165) is 19.3 Å². The molecule has 3 unspecified atom stereocenters. The normalized spacial score (nSPS) is 33.5. The first kappa shape index (κ1) is 25.6. The van der Waals surface area contributed by atoms with Crippen molar-refractivity contribution < 1.29 is 24.6 Å². The summed E-state index contributed by atoms with van der Waals surface area (Å²) >= 11 is 5.20. The molecule has 3 heterocycles. The average molecular weight is 532 g/mol. The lowest BCUT2D eigenvalue weighted by Crippen LogP contribution is -2.59. The van der Waals surface area contributed by atoms with E-state index < -0.39 is 34.1 Å². The average Bonchev–Trinajstić information content (AvgIpc) is 3.28. The number of rotatable bonds is 10. The number of amides is 2. The van der Waals surface area contributed by atoms with Crippen molar-refractivity contribution in [2.75, 3.05) is 19.7 Å². The quantitative estimate of drug-likeness (QED) is 0.256. The van der Waals surface area contributed by atoms with Crippen LogP contribution >= 0.6 is 27.7 Å². The molecule has 2 N–H and O–H groups in total. The maximum Gasteiger partial charge on any atom is 0.308 e. The Morgan fingerprint density at radius 1 is 1.31 bits per heavy atom. The zero-order chi connectivity index (χ0) is 23.8. The second-order valence-corrected chi connectivity index (χ2v) is 12.8. The summed E-state index contributed by atoms with van der Waals surface area (Å²) in [5.41, 5.74) is -0.461. The molecule has 3 aliphatic heterocycles. The summed E-state index contributed by atoms with van der Waals surface area (Å²) < 4.78 is -0.730. The van der Waals surface area contributed by atoms with Gasteiger partial charge in [-0.2, -0.15) is 0 Å². The Kier molecular flexibility index (Phi) is 7.72. The number of carboxylic acid groups (broad SMARTS) is 1. The fraction of sp³-hybridized carbons (Fsp3) is 0.783. The van der Waals surface area contributed by atoms with Crippen molar-refractivity contribution in [3.63, 3.8) is 0 Å². The summed E-state index contributed by atoms with van der Waals surface area (Å²) in [5.74, 6) is -2.74. The number of hydrogen-bond donors (Lipinski definition) is 2. The molecule has 3 rings (SSSR count). The highest BCUT2D eigenvalue weighted by Crippen LogP contribution is 2.67. The Morgan fingerprint density at radius 3 is 2.53 bits per heavy atom. The first-order valence-corrected chi connectivity index (χ1v) is 13.2. The number of likely N-dealkylation sites (tertiary alicyclic amines) is 1. The minimum absolute atomic E-state index is 0.0417. The molecule has 0 aromatic carbocycles. The Labute approximate surface area is 203 Å². The predicted octanol–water partition coefficient (Wildman–Crippen LogP) is 2.90. The second-order valence-electron chi connectivity index (χ2n) is 10.1. The minimum Gasteiger partial charge on any atom is -0.481 e. The molecule has 180 valence electrons. The number of aliphatic carboxylic acids is 1. The first-order chi connectivity index (χ1) is 15.0. The number of halogens is 1. The highest BCUT2D eigenvalue weighted by molar-refractivity contribution is 9.09. The summed E-state index contributed by atoms with van der Waals surface area (Å²) in [5, 5.41) is 18.8. The van der Waals surface area contributed by atoms with Crippen molar-refractivity contribution in [1.29, 1.82) is 0 Å². The van der Waals surface area contributed by atoms with Crippen LogP contribution in [0.15, 0.2) is 12.7 Å². The molecule has 0 aromatic heterocycles. The molecule has 3 aliphatic rings. The van der Waals surface area contributed by atoms with Crippen LogP contribution < -0.4 is 0 Å². The van der Waals surface area contributed by atoms with E-state index in [1.165, 1.54) is 11.8 Å². The lowest BCUT2D eigenvalue weighted by molar-refractivity contribution is -0.148. The molecule has 3 saturated heterocycles. The molecule has 2 amide bonds. The van der Waals surface area contributed by atoms with Crippen LogP contribution in [0.5, 0.6) is 0 Å². The number of thioether (sulfide) groups is 1. The van der Waals surface area contributed by atoms with Crippen LogP contribution in [0.2, 0.25) is 0 Å². The first-order valence-electron chi connectivity index (χ1n) is 11.4. The molecule has 0 aliphatic carbocycles. The number of carbonyl (C=O) groups is 3. The van der Waals surface area contributed by atoms with Gasteiger partial charge in [0.15, 0.2) is 0 Å². The third kappa shape index (κ3) is 4.25. The summed E-state index contributed by atoms with van der Waals surface area (Å²) in [6, 6.07) is -0.684. The van der Waals surface area contributed by atoms with Gasteiger partial charge in [0.1, 0.15) is 6.04 Å². The lowest BCUT2D eigenvalue weighted by Gasteiger charge is -2.42. The van der Waals surface area contributed by atoms with E-state index >= 15 is 0 Å². The maximum absolute atomic E-state index is 14.1. The fourth-order valence-corrected chi connectivity index (χ4v) is 9.25. The molecule has 9 heteroatoms. The van der Waals surface area contributed by atoms with Crippen molar-refractivity contribution in [2.24, 2.45) is 11.8 Å². The Hall–Kier alpha value is -1.06. The zero-order valence-electron chi connectivity index (χ0n) is 19.1. The monoisotopic (exact) mass is 530 g/mol. The topological polar surface area (TPSA) is 98.2 Å². The lowest BCUT2D eigenvalue weighted by atomic mass is 9.71. The summed E-state index contributed by atoms with van der Waals surface area (Å²) in [7, 11) is 0. The Bertz CT molecular complexity index is 772. The smallest absolute Gasteiger partial charge is 0.308 e. The van der Waals surface area contributed by atoms with Gasteiger partial charge in [0, 0.05) is 35.3 Å². The van der Waals surface area contributed by atoms with Gasteiger partial charge in [0.25, 0.3) is 0 Å². The van der Waals surface area contributed by atoms with Gasteiger partial charge >= 0.3 is 5.97 Å². The molecule has 0 aromatic rings. The van der Waals surface area contributed by atoms with E-state index in [9.17, 15) is 19.5 Å². The van der Waals surface area contributed by atoms with Gasteiger partial charge in [0.05, 0.1) is 16.6 Å². The highest BCUT2D eigenvalue weighted by Gasteiger charge is 2.76. The molecule has 0 radical (unpaired) electrons. The van der Waals surface area contributed by atoms with Crippen LogP contribution in [0.1, 0.15) is 52.9 Å². The number of fused-ring (bicyclic) bond motifs is 1. The second kappa shape index (κ2) is 9.66. The molecule has 3 fully saturated rings. The summed E-state index contributed by atoms with van der Waals surface area (Å²) in [4.78, 5) is 43.3. The molecule has 7 nitrogen and oxygen atoms in total. The van der Waals surface area contributed by atoms with E-state index in [1.54, 1.807) is 15.9 Å². The van der Waals surface area contributed by atoms with Crippen LogP contribution in [0.4, 0.5) is 0 Å². The third-order valence-corrected chi connectivity index (χ3v) is 10.2. The zero-order valence-corrected chi connectivity index (χ0v) is 21.5. The Balaban J connectivity index is 1.99. The fourth-order valence-electron chi connectivity index (χ4n) is 5.65. The van der Waals surface area contributed by atoms with E-state index in [1.807, 2.05) is 20.8 Å². The predicted molar refractivity (Wildman–Crippen MR) is 129 cm³/mol. The number of hydrogen-bond acceptors (Lipinski definition) is 5. The number of carboxylic acids is 1. The number of aliphatic hydroxyl groups excluding tert-OH is 1. The molecular weight excluding hydrogens is 496 g/mol. The van der Waals surface area contributed by atoms with E-state index in [4.69, 9.17) is 5.11 Å². The van der Waals surface area contributed by atoms with Gasteiger partial charge in [-0.25, -0.2) is 0 Å². The van der Waals surface area contributed by atoms with Gasteiger partial charge in [0.2, 0.25) is 11.8 Å². The van der Waals surface area contributed by atoms with Crippen LogP contribution in [0.3, 0.4) is 0 Å². The maximum atomic E-state index is 14.1. The summed E-state index contributed by atoms with van der Waals surface area (Å²) in [6.45, 7) is 10.6. The highest BCUT2D eigenvalue weighted by atomic mass is 79.9. The van der Waals surface area contributed by atoms with E-state index in [2.05, 4.69) is 22.5 Å². The number of unbranched alkanes of at least 4 members (excludes halogenated alkanes) is 3. The third-order valence-electron chi connectivity index (χ3n) is 7.00. The van der Waals surface area contributed by atoms with Crippen molar-refractivity contribution in [1.82, 2.24) is 9.80 Å². The molecular formula is C23H35BrN2O5S. The van der Waals surface area contributed by atoms with Crippen LogP contribution in [0.25, 0.3) is 0 Å². The van der Waals surface area contributed by atoms with Crippen molar-refractivity contribution in [2.45, 2.75) is 79.3 Å². The van der Waals surface area contributed by atoms with Crippen molar-refractivity contribution in [3.8, 4) is 0 Å². The van der Waals surface area contributed by atoms with Crippen molar-refractivity contribution >= 4 is 45.5 Å². The van der Waals surface area contributed by atoms with E-state index in [-0.39, 0.29) is 28.5 Å². The van der Waals surface area contributed by atoms with Crippen LogP contribution in [0, 0.1) is 11.8 Å². The van der Waals surface area contributed by atoms with E-state index in [0.29, 0.717) is 25.9 Å². The minimum atomic E-state index is -0.957. The van der Waals surface area contributed by atoms with Gasteiger partial charge in [-0.3, -0.25) is 14.4 Å². The number of carbonyl (C=O) groups excluding carboxylic acids is 2. The standard InChI is InChI=1S/C23H35BrN2O5S/c1-5-10-26(22(2,3)4)20(29)18-23-13-14(24)17(32-23)15(21(30)31)16(23)19(28)25(18)11-8-6-7-9-12-27/h5,14-18,27H,1,6-13H2,2-4H3,(H,30,31)/t14?,15-,16-,17-,18?,23?/m0/s1. The van der Waals surface area contributed by atoms with Crippen LogP contribution in [-0.2, 0) is 14.4 Å². The largest absolute Gasteiger partial charge is 0.481 e. The Morgan fingerprint density at radius 2 is 1.97 bits per heavy atom. The molecule has 1 spiro atoms. The molecule has 0 saturated carbocycles. The van der Waals surface area contributed by atoms with Gasteiger partial charge in [-0.1, -0.05) is 34.8 Å². The number of aliphatic hydroxyl groups is 1. The van der Waals surface area contributed by atoms with Gasteiger partial charge < -0.3 is 20.0 Å². The molecule has 2 bridgehead atoms. The summed E-state index contributed by atoms with van der Waals surface area (Å²) in [6.07, 6.45) is 5.43. The van der Waals surface area contributed by atoms with Crippen LogP contribution in [-0.4, -0.2) is 83.9 Å². The van der Waals surface area contributed by atoms with Crippen molar-refractivity contribution in [3.05, 3.63) is 12.7 Å². The van der Waals surface area contributed by atoms with Gasteiger partial charge in [-0.15, -0.1) is 18.3 Å². The molecule has 32 heavy (non-hydrogen) atoms. The van der Waals surface area contributed by atoms with Gasteiger partial charge in [-0.05, 0) is 40.0 Å².